The van der Waals surface area contributed by atoms with E-state index in [4.69, 9.17) is 34.3 Å². The number of hydrogen-bond donors (Lipinski definition) is 3. The highest BCUT2D eigenvalue weighted by molar-refractivity contribution is 7.72. The van der Waals surface area contributed by atoms with Gasteiger partial charge in [-0.25, -0.2) is 0 Å². The molecule has 4 unspecified atom stereocenters. The van der Waals surface area contributed by atoms with E-state index in [1.807, 2.05) is 6.92 Å². The highest BCUT2D eigenvalue weighted by Crippen LogP contribution is 2.34. The molecule has 0 spiro atoms. The molecule has 7 heteroatoms. The molecule has 1 aliphatic rings. The Morgan fingerprint density at radius 3 is 2.76 bits per heavy atom. The number of nitrogens with one attached hydrogen (secondary N) is 1. The average Bonchev–Trinajstić information content (AvgIpc) is 2.57. The highest BCUT2D eigenvalue weighted by Gasteiger charge is 2.41. The molecule has 4 atom stereocenters. The number of H-pyrrole nitrogens is 1. The lowest BCUT2D eigenvalue weighted by Crippen LogP contribution is -2.28. The van der Waals surface area contributed by atoms with Crippen molar-refractivity contribution in [2.45, 2.75) is 25.4 Å². The molecule has 2 rings (SSSR count). The molecule has 2 heterocycles. The number of aliphatic hydroxyl groups is 2. The first kappa shape index (κ1) is 12.8. The Morgan fingerprint density at radius 2 is 2.24 bits per heavy atom. The van der Waals surface area contributed by atoms with Gasteiger partial charge in [0.05, 0.1) is 12.7 Å². The van der Waals surface area contributed by atoms with Gasteiger partial charge in [0.1, 0.15) is 17.0 Å². The van der Waals surface area contributed by atoms with Crippen molar-refractivity contribution in [1.82, 2.24) is 9.55 Å². The standard InChI is InChI=1S/C10H14N2O3S2/c1-5-8(14)6(4-13)15-9(5)12-3-2-7(16)11-10(12)17/h2-3,5-6,8-9,13-14H,4H2,1H3,(H,11,16,17). The predicted molar refractivity (Wildman–Crippen MR) is 66.6 cm³/mol. The van der Waals surface area contributed by atoms with E-state index in [0.29, 0.717) is 9.41 Å². The van der Waals surface area contributed by atoms with Crippen LogP contribution in [0.15, 0.2) is 12.3 Å². The zero-order chi connectivity index (χ0) is 12.6. The maximum Gasteiger partial charge on any atom is 0.180 e. The van der Waals surface area contributed by atoms with Crippen LogP contribution in [-0.2, 0) is 4.74 Å². The van der Waals surface area contributed by atoms with E-state index >= 15 is 0 Å². The molecule has 0 aliphatic carbocycles. The number of nitrogens with zero attached hydrogens (tertiary/aromatic N) is 1. The topological polar surface area (TPSA) is 70.4 Å². The van der Waals surface area contributed by atoms with Crippen molar-refractivity contribution in [3.05, 3.63) is 21.7 Å². The molecular weight excluding hydrogens is 260 g/mol. The summed E-state index contributed by atoms with van der Waals surface area (Å²) in [5.41, 5.74) is 0. The first-order chi connectivity index (χ1) is 8.04. The van der Waals surface area contributed by atoms with Crippen LogP contribution in [0.3, 0.4) is 0 Å². The number of ether oxygens (including phenoxy) is 1. The fraction of sp³-hybridized carbons (Fsp3) is 0.600. The minimum Gasteiger partial charge on any atom is -0.394 e. The van der Waals surface area contributed by atoms with Crippen molar-refractivity contribution in [3.8, 4) is 0 Å². The van der Waals surface area contributed by atoms with Gasteiger partial charge in [-0.05, 0) is 18.3 Å². The van der Waals surface area contributed by atoms with Crippen LogP contribution in [0.2, 0.25) is 0 Å². The van der Waals surface area contributed by atoms with E-state index < -0.39 is 12.2 Å². The van der Waals surface area contributed by atoms with Gasteiger partial charge < -0.3 is 19.9 Å². The van der Waals surface area contributed by atoms with Crippen LogP contribution in [0.5, 0.6) is 0 Å². The minimum absolute atomic E-state index is 0.150. The third kappa shape index (κ3) is 2.34. The Balaban J connectivity index is 2.35. The molecule has 3 N–H and O–H groups in total. The van der Waals surface area contributed by atoms with Gasteiger partial charge >= 0.3 is 0 Å². The molecule has 1 saturated heterocycles. The Bertz CT molecular complexity index is 513. The van der Waals surface area contributed by atoms with Gasteiger partial charge in [0.25, 0.3) is 0 Å². The molecule has 94 valence electrons. The molecule has 17 heavy (non-hydrogen) atoms. The second-order valence-electron chi connectivity index (χ2n) is 4.11. The van der Waals surface area contributed by atoms with Crippen LogP contribution in [0, 0.1) is 15.3 Å². The molecule has 1 aliphatic heterocycles. The first-order valence-corrected chi connectivity index (χ1v) is 6.12. The fourth-order valence-corrected chi connectivity index (χ4v) is 2.49. The van der Waals surface area contributed by atoms with Crippen molar-refractivity contribution in [1.29, 1.82) is 0 Å². The summed E-state index contributed by atoms with van der Waals surface area (Å²) in [5, 5.41) is 19.0. The Morgan fingerprint density at radius 1 is 1.53 bits per heavy atom. The summed E-state index contributed by atoms with van der Waals surface area (Å²) >= 11 is 10.1. The van der Waals surface area contributed by atoms with Crippen LogP contribution in [0.25, 0.3) is 0 Å². The summed E-state index contributed by atoms with van der Waals surface area (Å²) in [4.78, 5) is 2.85. The lowest BCUT2D eigenvalue weighted by atomic mass is 10.0. The number of aliphatic hydroxyl groups excluding tert-OH is 2. The quantitative estimate of drug-likeness (QED) is 0.706. The highest BCUT2D eigenvalue weighted by atomic mass is 32.1. The lowest BCUT2D eigenvalue weighted by molar-refractivity contribution is -0.0470. The molecule has 0 amide bonds. The number of aromatic nitrogens is 2. The van der Waals surface area contributed by atoms with Crippen molar-refractivity contribution >= 4 is 24.4 Å². The van der Waals surface area contributed by atoms with Crippen LogP contribution < -0.4 is 0 Å². The maximum atomic E-state index is 9.87. The summed E-state index contributed by atoms with van der Waals surface area (Å²) in [6, 6.07) is 1.71. The van der Waals surface area contributed by atoms with Gasteiger partial charge in [-0.1, -0.05) is 19.1 Å². The Kier molecular flexibility index (Phi) is 3.74. The van der Waals surface area contributed by atoms with E-state index in [9.17, 15) is 5.11 Å². The molecule has 0 saturated carbocycles. The van der Waals surface area contributed by atoms with Crippen LogP contribution in [0.1, 0.15) is 13.2 Å². The summed E-state index contributed by atoms with van der Waals surface area (Å²) in [7, 11) is 0. The van der Waals surface area contributed by atoms with E-state index in [0.717, 1.165) is 0 Å². The molecule has 0 radical (unpaired) electrons. The summed E-state index contributed by atoms with van der Waals surface area (Å²) < 4.78 is 8.28. The van der Waals surface area contributed by atoms with Gasteiger partial charge in [-0.3, -0.25) is 4.57 Å². The van der Waals surface area contributed by atoms with Crippen molar-refractivity contribution < 1.29 is 14.9 Å². The largest absolute Gasteiger partial charge is 0.394 e. The molecule has 0 aromatic carbocycles. The monoisotopic (exact) mass is 274 g/mol. The molecule has 1 aromatic rings. The zero-order valence-electron chi connectivity index (χ0n) is 9.24. The summed E-state index contributed by atoms with van der Waals surface area (Å²) in [5.74, 6) is -0.150. The van der Waals surface area contributed by atoms with Gasteiger partial charge in [0, 0.05) is 12.1 Å². The van der Waals surface area contributed by atoms with Crippen molar-refractivity contribution in [2.75, 3.05) is 6.61 Å². The van der Waals surface area contributed by atoms with E-state index in [1.165, 1.54) is 0 Å². The van der Waals surface area contributed by atoms with E-state index in [-0.39, 0.29) is 18.8 Å². The smallest absolute Gasteiger partial charge is 0.180 e. The van der Waals surface area contributed by atoms with Crippen LogP contribution in [-0.4, -0.2) is 38.6 Å². The van der Waals surface area contributed by atoms with Crippen LogP contribution in [0.4, 0.5) is 0 Å². The van der Waals surface area contributed by atoms with Gasteiger partial charge in [-0.2, -0.15) is 0 Å². The molecule has 1 fully saturated rings. The Labute approximate surface area is 109 Å². The third-order valence-electron chi connectivity index (χ3n) is 2.99. The van der Waals surface area contributed by atoms with Crippen LogP contribution >= 0.6 is 24.4 Å². The second-order valence-corrected chi connectivity index (χ2v) is 4.94. The first-order valence-electron chi connectivity index (χ1n) is 5.30. The molecule has 0 bridgehead atoms. The molecule has 5 nitrogen and oxygen atoms in total. The van der Waals surface area contributed by atoms with E-state index in [1.54, 1.807) is 16.8 Å². The summed E-state index contributed by atoms with van der Waals surface area (Å²) in [6.45, 7) is 1.65. The third-order valence-corrected chi connectivity index (χ3v) is 3.54. The van der Waals surface area contributed by atoms with Gasteiger partial charge in [0.15, 0.2) is 4.77 Å². The van der Waals surface area contributed by atoms with Gasteiger partial charge in [-0.15, -0.1) is 0 Å². The Hall–Kier alpha value is -0.600. The fourth-order valence-electron chi connectivity index (χ4n) is 1.99. The minimum atomic E-state index is -0.699. The molecule has 1 aromatic heterocycles. The number of rotatable bonds is 2. The summed E-state index contributed by atoms with van der Waals surface area (Å²) in [6.07, 6.45) is 0.0751. The number of aromatic amines is 1. The SMILES string of the molecule is CC1C(O)C(CO)OC1n1ccc(=S)[nH]c1=S. The maximum absolute atomic E-state index is 9.87. The zero-order valence-corrected chi connectivity index (χ0v) is 10.9. The predicted octanol–water partition coefficient (Wildman–Crippen LogP) is 1.16. The van der Waals surface area contributed by atoms with E-state index in [2.05, 4.69) is 4.98 Å². The number of hydrogen-bond acceptors (Lipinski definition) is 5. The van der Waals surface area contributed by atoms with Crippen molar-refractivity contribution in [3.63, 3.8) is 0 Å². The second kappa shape index (κ2) is 4.95. The van der Waals surface area contributed by atoms with Crippen molar-refractivity contribution in [2.24, 2.45) is 5.92 Å². The van der Waals surface area contributed by atoms with Gasteiger partial charge in [0.2, 0.25) is 0 Å². The lowest BCUT2D eigenvalue weighted by Gasteiger charge is -2.18. The molecular formula is C10H14N2O3S2. The average molecular weight is 274 g/mol. The normalized spacial score (nSPS) is 32.9.